The number of carboxylic acid groups (broad SMARTS) is 1. The fraction of sp³-hybridized carbons (Fsp3) is 0.710. The van der Waals surface area contributed by atoms with Crippen LogP contribution in [0.15, 0.2) is 30.3 Å². The lowest BCUT2D eigenvalue weighted by Gasteiger charge is -2.14. The number of carbonyl (C=O) groups is 1. The smallest absolute Gasteiger partial charge is 0.328 e. The van der Waals surface area contributed by atoms with Gasteiger partial charge in [-0.2, -0.15) is 0 Å². The molecule has 0 bridgehead atoms. The molecule has 3 nitrogen and oxygen atoms in total. The number of rotatable bonds is 23. The zero-order valence-corrected chi connectivity index (χ0v) is 24.3. The minimum Gasteiger partial charge on any atom is -0.478 e. The molecular formula is C31H55NO2Si. The molecule has 2 N–H and O–H groups in total. The van der Waals surface area contributed by atoms with Crippen LogP contribution in [0.1, 0.15) is 115 Å². The molecule has 1 aromatic carbocycles. The summed E-state index contributed by atoms with van der Waals surface area (Å²) in [5.74, 6) is -0.915. The van der Waals surface area contributed by atoms with E-state index in [1.165, 1.54) is 121 Å². The predicted octanol–water partition coefficient (Wildman–Crippen LogP) is 10.2. The van der Waals surface area contributed by atoms with Gasteiger partial charge in [-0.15, -0.1) is 0 Å². The molecule has 0 fully saturated rings. The van der Waals surface area contributed by atoms with Crippen molar-refractivity contribution in [3.05, 3.63) is 35.9 Å². The number of anilines is 1. The van der Waals surface area contributed by atoms with Crippen molar-refractivity contribution < 1.29 is 9.90 Å². The van der Waals surface area contributed by atoms with Crippen LogP contribution in [0.2, 0.25) is 25.7 Å². The van der Waals surface area contributed by atoms with E-state index in [0.29, 0.717) is 0 Å². The summed E-state index contributed by atoms with van der Waals surface area (Å²) in [5.41, 5.74) is 2.01. The third-order valence-corrected chi connectivity index (χ3v) is 8.62. The van der Waals surface area contributed by atoms with Crippen LogP contribution < -0.4 is 5.32 Å². The second-order valence-corrected chi connectivity index (χ2v) is 17.2. The normalized spacial score (nSPS) is 11.9. The molecule has 0 unspecified atom stereocenters. The Morgan fingerprint density at radius 1 is 0.686 bits per heavy atom. The van der Waals surface area contributed by atoms with Crippen molar-refractivity contribution in [2.75, 3.05) is 11.9 Å². The molecule has 35 heavy (non-hydrogen) atoms. The summed E-state index contributed by atoms with van der Waals surface area (Å²) in [6.07, 6.45) is 26.8. The van der Waals surface area contributed by atoms with E-state index in [2.05, 4.69) is 25.0 Å². The highest BCUT2D eigenvalue weighted by Crippen LogP contribution is 2.17. The molecule has 1 aromatic rings. The molecule has 0 saturated heterocycles. The van der Waals surface area contributed by atoms with Gasteiger partial charge in [0.15, 0.2) is 0 Å². The Hall–Kier alpha value is -1.55. The van der Waals surface area contributed by atoms with Crippen molar-refractivity contribution in [2.24, 2.45) is 0 Å². The van der Waals surface area contributed by atoms with E-state index in [4.69, 9.17) is 5.11 Å². The van der Waals surface area contributed by atoms with Crippen LogP contribution in [0.4, 0.5) is 5.69 Å². The van der Waals surface area contributed by atoms with Crippen LogP contribution in [0.3, 0.4) is 0 Å². The molecular weight excluding hydrogens is 446 g/mol. The van der Waals surface area contributed by atoms with E-state index in [0.717, 1.165) is 17.8 Å². The average Bonchev–Trinajstić information content (AvgIpc) is 2.81. The molecule has 0 aliphatic carbocycles. The van der Waals surface area contributed by atoms with Crippen molar-refractivity contribution in [3.8, 4) is 0 Å². The average molecular weight is 502 g/mol. The van der Waals surface area contributed by atoms with Crippen LogP contribution >= 0.6 is 0 Å². The molecule has 0 amide bonds. The molecule has 4 heteroatoms. The molecule has 0 aliphatic heterocycles. The summed E-state index contributed by atoms with van der Waals surface area (Å²) in [6, 6.07) is 9.43. The number of carboxylic acids is 1. The Morgan fingerprint density at radius 2 is 1.09 bits per heavy atom. The first-order chi connectivity index (χ1) is 16.9. The summed E-state index contributed by atoms with van der Waals surface area (Å²) >= 11 is 0. The molecule has 0 aliphatic rings. The maximum Gasteiger partial charge on any atom is 0.328 e. The predicted molar refractivity (Wildman–Crippen MR) is 158 cm³/mol. The summed E-state index contributed by atoms with van der Waals surface area (Å²) in [6.45, 7) is 8.48. The Kier molecular flexibility index (Phi) is 18.5. The highest BCUT2D eigenvalue weighted by molar-refractivity contribution is 6.76. The largest absolute Gasteiger partial charge is 0.478 e. The number of nitrogens with one attached hydrogen (secondary N) is 1. The van der Waals surface area contributed by atoms with Crippen LogP contribution in [0.5, 0.6) is 0 Å². The van der Waals surface area contributed by atoms with E-state index in [1.54, 1.807) is 6.08 Å². The summed E-state index contributed by atoms with van der Waals surface area (Å²) in [5, 5.41) is 12.1. The van der Waals surface area contributed by atoms with E-state index < -0.39 is 14.0 Å². The minimum absolute atomic E-state index is 0.801. The van der Waals surface area contributed by atoms with Crippen molar-refractivity contribution in [1.29, 1.82) is 0 Å². The Bertz CT molecular complexity index is 664. The fourth-order valence-electron chi connectivity index (χ4n) is 4.54. The van der Waals surface area contributed by atoms with Gasteiger partial charge in [-0.25, -0.2) is 4.79 Å². The first kappa shape index (κ1) is 31.5. The molecule has 0 atom stereocenters. The van der Waals surface area contributed by atoms with Crippen molar-refractivity contribution >= 4 is 25.8 Å². The van der Waals surface area contributed by atoms with Gasteiger partial charge in [0.25, 0.3) is 0 Å². The van der Waals surface area contributed by atoms with Crippen LogP contribution in [-0.4, -0.2) is 25.7 Å². The summed E-state index contributed by atoms with van der Waals surface area (Å²) in [7, 11) is -0.801. The lowest BCUT2D eigenvalue weighted by atomic mass is 10.0. The van der Waals surface area contributed by atoms with E-state index in [1.807, 2.05) is 24.3 Å². The third kappa shape index (κ3) is 21.5. The topological polar surface area (TPSA) is 49.3 Å². The van der Waals surface area contributed by atoms with Gasteiger partial charge in [0.2, 0.25) is 0 Å². The minimum atomic E-state index is -0.915. The Morgan fingerprint density at radius 3 is 1.49 bits per heavy atom. The third-order valence-electron chi connectivity index (χ3n) is 6.76. The SMILES string of the molecule is C[Si](C)(C)CCCCCCCCCCCCCCCCCCCNc1ccc(C=CC(=O)O)cc1. The second-order valence-electron chi connectivity index (χ2n) is 11.5. The molecule has 1 rings (SSSR count). The highest BCUT2D eigenvalue weighted by atomic mass is 28.3. The van der Waals surface area contributed by atoms with Crippen LogP contribution in [0.25, 0.3) is 6.08 Å². The molecule has 0 saturated carbocycles. The van der Waals surface area contributed by atoms with Gasteiger partial charge in [-0.05, 0) is 30.2 Å². The summed E-state index contributed by atoms with van der Waals surface area (Å²) in [4.78, 5) is 10.6. The number of hydrogen-bond acceptors (Lipinski definition) is 2. The van der Waals surface area contributed by atoms with Gasteiger partial charge in [-0.1, -0.05) is 141 Å². The number of hydrogen-bond donors (Lipinski definition) is 2. The maximum atomic E-state index is 10.6. The number of aliphatic carboxylic acids is 1. The van der Waals surface area contributed by atoms with Gasteiger partial charge >= 0.3 is 5.97 Å². The van der Waals surface area contributed by atoms with Crippen molar-refractivity contribution in [1.82, 2.24) is 0 Å². The Balaban J connectivity index is 1.79. The van der Waals surface area contributed by atoms with Crippen LogP contribution in [0, 0.1) is 0 Å². The number of benzene rings is 1. The molecule has 0 radical (unpaired) electrons. The number of unbranched alkanes of at least 4 members (excludes halogenated alkanes) is 16. The molecule has 0 spiro atoms. The van der Waals surface area contributed by atoms with Gasteiger partial charge in [0.1, 0.15) is 0 Å². The lowest BCUT2D eigenvalue weighted by Crippen LogP contribution is -2.18. The van der Waals surface area contributed by atoms with Gasteiger partial charge < -0.3 is 10.4 Å². The van der Waals surface area contributed by atoms with E-state index in [9.17, 15) is 4.79 Å². The quantitative estimate of drug-likeness (QED) is 0.0890. The molecule has 200 valence electrons. The summed E-state index contributed by atoms with van der Waals surface area (Å²) < 4.78 is 0. The van der Waals surface area contributed by atoms with E-state index >= 15 is 0 Å². The monoisotopic (exact) mass is 501 g/mol. The van der Waals surface area contributed by atoms with Crippen molar-refractivity contribution in [3.63, 3.8) is 0 Å². The van der Waals surface area contributed by atoms with Crippen molar-refractivity contribution in [2.45, 2.75) is 135 Å². The van der Waals surface area contributed by atoms with Gasteiger partial charge in [0, 0.05) is 26.4 Å². The first-order valence-corrected chi connectivity index (χ1v) is 18.3. The van der Waals surface area contributed by atoms with E-state index in [-0.39, 0.29) is 0 Å². The molecule has 0 aromatic heterocycles. The van der Waals surface area contributed by atoms with Gasteiger partial charge in [0.05, 0.1) is 0 Å². The first-order valence-electron chi connectivity index (χ1n) is 14.6. The maximum absolute atomic E-state index is 10.6. The molecule has 0 heterocycles. The Labute approximate surface area is 218 Å². The zero-order valence-electron chi connectivity index (χ0n) is 23.3. The highest BCUT2D eigenvalue weighted by Gasteiger charge is 2.11. The van der Waals surface area contributed by atoms with Crippen LogP contribution in [-0.2, 0) is 4.79 Å². The second kappa shape index (κ2) is 20.6. The fourth-order valence-corrected chi connectivity index (χ4v) is 5.85. The van der Waals surface area contributed by atoms with Gasteiger partial charge in [-0.3, -0.25) is 0 Å². The lowest BCUT2D eigenvalue weighted by molar-refractivity contribution is -0.131. The standard InChI is InChI=1S/C31H55NO2Si/c1-35(2,3)28-20-18-16-14-12-10-8-6-4-5-7-9-11-13-15-17-19-27-32-30-24-21-29(22-25-30)23-26-31(33)34/h21-26,32H,4-20,27-28H2,1-3H3,(H,33,34). The zero-order chi connectivity index (χ0) is 25.6.